The topological polar surface area (TPSA) is 50.3 Å². The molecule has 0 aliphatic carbocycles. The van der Waals surface area contributed by atoms with E-state index < -0.39 is 0 Å². The molecule has 2 fully saturated rings. The Morgan fingerprint density at radius 3 is 2.74 bits per heavy atom. The van der Waals surface area contributed by atoms with Gasteiger partial charge in [0.1, 0.15) is 17.0 Å². The summed E-state index contributed by atoms with van der Waals surface area (Å²) in [5.74, 6) is 1.09. The minimum absolute atomic E-state index is 0. The minimum atomic E-state index is 0. The molecule has 23 heavy (non-hydrogen) atoms. The molecule has 8 heteroatoms. The van der Waals surface area contributed by atoms with Gasteiger partial charge in [-0.25, -0.2) is 9.97 Å². The van der Waals surface area contributed by atoms with Crippen molar-refractivity contribution in [3.8, 4) is 0 Å². The van der Waals surface area contributed by atoms with Crippen LogP contribution in [-0.4, -0.2) is 48.4 Å². The van der Waals surface area contributed by atoms with Crippen LogP contribution in [0.3, 0.4) is 0 Å². The van der Waals surface area contributed by atoms with Crippen molar-refractivity contribution in [3.63, 3.8) is 0 Å². The van der Waals surface area contributed by atoms with Crippen molar-refractivity contribution >= 4 is 52.2 Å². The number of morpholine rings is 1. The van der Waals surface area contributed by atoms with Crippen molar-refractivity contribution in [3.05, 3.63) is 17.3 Å². The Hall–Kier alpha value is -0.660. The number of aromatic nitrogens is 2. The molecule has 2 aliphatic rings. The first-order valence-electron chi connectivity index (χ1n) is 7.57. The number of aryl methyl sites for hydroxylation is 1. The molecular weight excluding hydrogens is 355 g/mol. The average molecular weight is 377 g/mol. The minimum Gasteiger partial charge on any atom is -0.372 e. The van der Waals surface area contributed by atoms with Gasteiger partial charge in [-0.2, -0.15) is 0 Å². The van der Waals surface area contributed by atoms with Gasteiger partial charge < -0.3 is 15.0 Å². The smallest absolute Gasteiger partial charge is 0.140 e. The monoisotopic (exact) mass is 376 g/mol. The number of ether oxygens (including phenoxy) is 1. The molecule has 0 atom stereocenters. The number of hydrogen-bond donors (Lipinski definition) is 1. The van der Waals surface area contributed by atoms with E-state index >= 15 is 0 Å². The molecule has 4 rings (SSSR count). The average Bonchev–Trinajstić information content (AvgIpc) is 2.89. The number of halogens is 2. The van der Waals surface area contributed by atoms with Crippen LogP contribution >= 0.6 is 36.2 Å². The molecule has 5 nitrogen and oxygen atoms in total. The fourth-order valence-corrected chi connectivity index (χ4v) is 4.21. The van der Waals surface area contributed by atoms with Crippen molar-refractivity contribution < 1.29 is 4.74 Å². The molecule has 1 spiro atoms. The highest BCUT2D eigenvalue weighted by Gasteiger charge is 2.37. The molecule has 0 aromatic carbocycles. The highest BCUT2D eigenvalue weighted by Crippen LogP contribution is 2.34. The predicted octanol–water partition coefficient (Wildman–Crippen LogP) is 2.80. The van der Waals surface area contributed by atoms with E-state index in [9.17, 15) is 0 Å². The molecule has 0 saturated carbocycles. The van der Waals surface area contributed by atoms with Crippen LogP contribution in [0.1, 0.15) is 17.7 Å². The number of nitrogens with one attached hydrogen (secondary N) is 1. The Morgan fingerprint density at radius 1 is 1.26 bits per heavy atom. The molecule has 0 radical (unpaired) electrons. The predicted molar refractivity (Wildman–Crippen MR) is 99.6 cm³/mol. The summed E-state index contributed by atoms with van der Waals surface area (Å²) in [7, 11) is 0. The molecular formula is C15H22Cl2N4OS. The van der Waals surface area contributed by atoms with Gasteiger partial charge in [0.05, 0.1) is 17.6 Å². The Balaban J connectivity index is 0.000000960. The summed E-state index contributed by atoms with van der Waals surface area (Å²) in [4.78, 5) is 13.7. The van der Waals surface area contributed by atoms with E-state index in [4.69, 9.17) is 4.74 Å². The highest BCUT2D eigenvalue weighted by molar-refractivity contribution is 7.18. The van der Waals surface area contributed by atoms with Gasteiger partial charge in [-0.1, -0.05) is 0 Å². The van der Waals surface area contributed by atoms with Gasteiger partial charge in [-0.05, 0) is 25.8 Å². The molecule has 2 saturated heterocycles. The quantitative estimate of drug-likeness (QED) is 0.828. The molecule has 2 aliphatic heterocycles. The molecule has 0 unspecified atom stereocenters. The maximum Gasteiger partial charge on any atom is 0.140 e. The third-order valence-electron chi connectivity index (χ3n) is 4.54. The van der Waals surface area contributed by atoms with Crippen LogP contribution in [-0.2, 0) is 4.74 Å². The van der Waals surface area contributed by atoms with Gasteiger partial charge in [-0.15, -0.1) is 36.2 Å². The number of nitrogens with zero attached hydrogens (tertiary/aromatic N) is 3. The Morgan fingerprint density at radius 2 is 2.04 bits per heavy atom. The van der Waals surface area contributed by atoms with E-state index in [1.807, 2.05) is 0 Å². The summed E-state index contributed by atoms with van der Waals surface area (Å²) in [6, 6.07) is 2.21. The van der Waals surface area contributed by atoms with E-state index in [2.05, 4.69) is 33.2 Å². The zero-order chi connectivity index (χ0) is 14.3. The van der Waals surface area contributed by atoms with Crippen LogP contribution in [0.15, 0.2) is 12.4 Å². The van der Waals surface area contributed by atoms with E-state index in [1.165, 1.54) is 10.3 Å². The molecule has 128 valence electrons. The lowest BCUT2D eigenvalue weighted by Gasteiger charge is -2.44. The van der Waals surface area contributed by atoms with Gasteiger partial charge in [0, 0.05) is 31.1 Å². The Labute approximate surface area is 152 Å². The summed E-state index contributed by atoms with van der Waals surface area (Å²) in [5.41, 5.74) is 0.0471. The lowest BCUT2D eigenvalue weighted by atomic mass is 9.90. The standard InChI is InChI=1S/C15H20N4OS.2ClH/c1-11-8-12-13(17-10-18-14(12)21-11)19-5-2-15(3-6-19)9-16-4-7-20-15;;/h8,10,16H,2-7,9H2,1H3;2*1H. The van der Waals surface area contributed by atoms with Crippen LogP contribution < -0.4 is 10.2 Å². The number of anilines is 1. The zero-order valence-corrected chi connectivity index (χ0v) is 15.5. The largest absolute Gasteiger partial charge is 0.372 e. The molecule has 0 bridgehead atoms. The maximum atomic E-state index is 6.06. The van der Waals surface area contributed by atoms with Crippen LogP contribution in [0.4, 0.5) is 5.82 Å². The van der Waals surface area contributed by atoms with Crippen LogP contribution in [0.2, 0.25) is 0 Å². The molecule has 0 amide bonds. The van der Waals surface area contributed by atoms with Crippen molar-refractivity contribution in [1.82, 2.24) is 15.3 Å². The first kappa shape index (κ1) is 18.7. The van der Waals surface area contributed by atoms with E-state index in [0.717, 1.165) is 56.3 Å². The number of thiophene rings is 1. The second-order valence-corrected chi connectivity index (χ2v) is 7.20. The van der Waals surface area contributed by atoms with E-state index in [1.54, 1.807) is 17.7 Å². The first-order chi connectivity index (χ1) is 10.3. The SMILES string of the molecule is Cc1cc2c(N3CCC4(CC3)CNCCO4)ncnc2s1.Cl.Cl. The van der Waals surface area contributed by atoms with E-state index in [-0.39, 0.29) is 30.4 Å². The zero-order valence-electron chi connectivity index (χ0n) is 13.1. The summed E-state index contributed by atoms with van der Waals surface area (Å²) >= 11 is 1.74. The molecule has 4 heterocycles. The normalized spacial score (nSPS) is 20.1. The van der Waals surface area contributed by atoms with Gasteiger partial charge in [0.15, 0.2) is 0 Å². The summed E-state index contributed by atoms with van der Waals surface area (Å²) in [6.07, 6.45) is 3.82. The second-order valence-electron chi connectivity index (χ2n) is 5.97. The van der Waals surface area contributed by atoms with Crippen molar-refractivity contribution in [1.29, 1.82) is 0 Å². The fraction of sp³-hybridized carbons (Fsp3) is 0.600. The van der Waals surface area contributed by atoms with Crippen LogP contribution in [0.25, 0.3) is 10.2 Å². The van der Waals surface area contributed by atoms with Crippen LogP contribution in [0.5, 0.6) is 0 Å². The van der Waals surface area contributed by atoms with Gasteiger partial charge in [0.25, 0.3) is 0 Å². The Bertz CT molecular complexity index is 650. The fourth-order valence-electron chi connectivity index (χ4n) is 3.37. The lowest BCUT2D eigenvalue weighted by molar-refractivity contribution is -0.0800. The van der Waals surface area contributed by atoms with Gasteiger partial charge in [0.2, 0.25) is 0 Å². The number of hydrogen-bond acceptors (Lipinski definition) is 6. The number of rotatable bonds is 1. The summed E-state index contributed by atoms with van der Waals surface area (Å²) in [6.45, 7) is 6.93. The highest BCUT2D eigenvalue weighted by atomic mass is 35.5. The van der Waals surface area contributed by atoms with Crippen molar-refractivity contribution in [2.75, 3.05) is 37.7 Å². The van der Waals surface area contributed by atoms with Gasteiger partial charge in [-0.3, -0.25) is 0 Å². The number of piperidine rings is 1. The van der Waals surface area contributed by atoms with Crippen molar-refractivity contribution in [2.45, 2.75) is 25.4 Å². The third kappa shape index (κ3) is 3.56. The second kappa shape index (κ2) is 7.49. The molecule has 2 aromatic rings. The summed E-state index contributed by atoms with van der Waals surface area (Å²) in [5, 5.41) is 4.66. The van der Waals surface area contributed by atoms with E-state index in [0.29, 0.717) is 0 Å². The molecule has 1 N–H and O–H groups in total. The Kier molecular flexibility index (Phi) is 6.08. The van der Waals surface area contributed by atoms with Crippen molar-refractivity contribution in [2.24, 2.45) is 0 Å². The first-order valence-corrected chi connectivity index (χ1v) is 8.38. The number of fused-ring (bicyclic) bond motifs is 1. The lowest BCUT2D eigenvalue weighted by Crippen LogP contribution is -2.55. The molecule has 2 aromatic heterocycles. The third-order valence-corrected chi connectivity index (χ3v) is 5.50. The summed E-state index contributed by atoms with van der Waals surface area (Å²) < 4.78 is 6.06. The maximum absolute atomic E-state index is 6.06. The van der Waals surface area contributed by atoms with Crippen LogP contribution in [0, 0.1) is 6.92 Å². The van der Waals surface area contributed by atoms with Gasteiger partial charge >= 0.3 is 0 Å².